The molecule has 2 atom stereocenters. The molecule has 3 aliphatic rings. The Morgan fingerprint density at radius 3 is 2.54 bits per heavy atom. The van der Waals surface area contributed by atoms with Crippen molar-refractivity contribution in [1.82, 2.24) is 14.9 Å². The number of carbonyl (C=O) groups excluding carboxylic acids is 1. The van der Waals surface area contributed by atoms with Crippen LogP contribution in [0.2, 0.25) is 0 Å². The summed E-state index contributed by atoms with van der Waals surface area (Å²) in [5.41, 5.74) is 0.394. The van der Waals surface area contributed by atoms with Crippen LogP contribution in [0.3, 0.4) is 0 Å². The fourth-order valence-corrected chi connectivity index (χ4v) is 5.63. The Bertz CT molecular complexity index is 764. The van der Waals surface area contributed by atoms with Crippen LogP contribution in [0.15, 0.2) is 29.2 Å². The van der Waals surface area contributed by atoms with E-state index in [1.54, 1.807) is 18.2 Å². The smallest absolute Gasteiger partial charge is 0.251 e. The standard InChI is InChI=1S/C18H25N3O4S/c22-18(20-16-11-14-4-5-15(12-16)19-14)13-2-1-3-17(10-13)26(23,24)21-6-8-25-9-7-21/h1-3,10,14-16,19H,4-9,11-12H2,(H,20,22). The molecule has 4 rings (SSSR count). The first-order chi connectivity index (χ1) is 12.5. The monoisotopic (exact) mass is 379 g/mol. The largest absolute Gasteiger partial charge is 0.379 e. The van der Waals surface area contributed by atoms with E-state index in [-0.39, 0.29) is 16.8 Å². The van der Waals surface area contributed by atoms with Crippen LogP contribution in [0.1, 0.15) is 36.0 Å². The van der Waals surface area contributed by atoms with Gasteiger partial charge in [-0.2, -0.15) is 4.31 Å². The van der Waals surface area contributed by atoms with Crippen molar-refractivity contribution in [2.75, 3.05) is 26.3 Å². The Balaban J connectivity index is 1.47. The molecule has 3 heterocycles. The zero-order chi connectivity index (χ0) is 18.1. The number of rotatable bonds is 4. The highest BCUT2D eigenvalue weighted by molar-refractivity contribution is 7.89. The van der Waals surface area contributed by atoms with E-state index in [9.17, 15) is 13.2 Å². The second kappa shape index (κ2) is 7.26. The first kappa shape index (κ1) is 17.9. The molecule has 3 aliphatic heterocycles. The van der Waals surface area contributed by atoms with Gasteiger partial charge in [-0.25, -0.2) is 8.42 Å². The van der Waals surface area contributed by atoms with Crippen LogP contribution in [0.4, 0.5) is 0 Å². The van der Waals surface area contributed by atoms with Crippen LogP contribution in [-0.2, 0) is 14.8 Å². The second-order valence-electron chi connectivity index (χ2n) is 7.32. The van der Waals surface area contributed by atoms with Crippen molar-refractivity contribution in [3.05, 3.63) is 29.8 Å². The second-order valence-corrected chi connectivity index (χ2v) is 9.26. The van der Waals surface area contributed by atoms with Crippen molar-refractivity contribution in [2.24, 2.45) is 0 Å². The summed E-state index contributed by atoms with van der Waals surface area (Å²) in [5, 5.41) is 6.64. The number of piperidine rings is 1. The summed E-state index contributed by atoms with van der Waals surface area (Å²) in [6, 6.07) is 7.47. The molecule has 0 spiro atoms. The Kier molecular flexibility index (Phi) is 5.00. The minimum atomic E-state index is -3.60. The molecule has 3 saturated heterocycles. The molecular weight excluding hydrogens is 354 g/mol. The summed E-state index contributed by atoms with van der Waals surface area (Å²) < 4.78 is 32.2. The molecule has 0 aliphatic carbocycles. The lowest BCUT2D eigenvalue weighted by molar-refractivity contribution is 0.0730. The minimum absolute atomic E-state index is 0.153. The zero-order valence-corrected chi connectivity index (χ0v) is 15.5. The molecule has 8 heteroatoms. The molecule has 3 fully saturated rings. The van der Waals surface area contributed by atoms with Crippen molar-refractivity contribution < 1.29 is 17.9 Å². The topological polar surface area (TPSA) is 87.7 Å². The molecular formula is C18H25N3O4S. The van der Waals surface area contributed by atoms with E-state index in [4.69, 9.17) is 4.74 Å². The van der Waals surface area contributed by atoms with Gasteiger partial charge in [0.2, 0.25) is 10.0 Å². The van der Waals surface area contributed by atoms with Crippen LogP contribution < -0.4 is 10.6 Å². The molecule has 1 aromatic rings. The summed E-state index contributed by atoms with van der Waals surface area (Å²) in [6.45, 7) is 1.49. The number of amides is 1. The van der Waals surface area contributed by atoms with Gasteiger partial charge in [0.1, 0.15) is 0 Å². The number of hydrogen-bond donors (Lipinski definition) is 2. The van der Waals surface area contributed by atoms with E-state index < -0.39 is 10.0 Å². The lowest BCUT2D eigenvalue weighted by atomic mass is 9.99. The minimum Gasteiger partial charge on any atom is -0.379 e. The first-order valence-electron chi connectivity index (χ1n) is 9.27. The lowest BCUT2D eigenvalue weighted by Gasteiger charge is -2.29. The van der Waals surface area contributed by atoms with Crippen LogP contribution in [0.5, 0.6) is 0 Å². The van der Waals surface area contributed by atoms with E-state index in [1.165, 1.54) is 23.2 Å². The molecule has 0 saturated carbocycles. The van der Waals surface area contributed by atoms with Crippen molar-refractivity contribution in [1.29, 1.82) is 0 Å². The molecule has 1 aromatic carbocycles. The van der Waals surface area contributed by atoms with Gasteiger partial charge in [-0.3, -0.25) is 4.79 Å². The van der Waals surface area contributed by atoms with Gasteiger partial charge in [0.05, 0.1) is 18.1 Å². The number of morpholine rings is 1. The fourth-order valence-electron chi connectivity index (χ4n) is 4.18. The highest BCUT2D eigenvalue weighted by Gasteiger charge is 2.34. The molecule has 26 heavy (non-hydrogen) atoms. The van der Waals surface area contributed by atoms with Crippen LogP contribution in [-0.4, -0.2) is 63.1 Å². The van der Waals surface area contributed by atoms with Gasteiger partial charge < -0.3 is 15.4 Å². The summed E-state index contributed by atoms with van der Waals surface area (Å²) in [5.74, 6) is -0.199. The van der Waals surface area contributed by atoms with E-state index in [2.05, 4.69) is 10.6 Å². The number of nitrogens with zero attached hydrogens (tertiary/aromatic N) is 1. The number of hydrogen-bond acceptors (Lipinski definition) is 5. The molecule has 2 bridgehead atoms. The number of ether oxygens (including phenoxy) is 1. The fraction of sp³-hybridized carbons (Fsp3) is 0.611. The number of carbonyl (C=O) groups is 1. The summed E-state index contributed by atoms with van der Waals surface area (Å²) in [7, 11) is -3.60. The molecule has 2 unspecified atom stereocenters. The Morgan fingerprint density at radius 2 is 1.85 bits per heavy atom. The van der Waals surface area contributed by atoms with E-state index in [0.717, 1.165) is 12.8 Å². The Labute approximate surface area is 154 Å². The Morgan fingerprint density at radius 1 is 1.15 bits per heavy atom. The number of sulfonamides is 1. The highest BCUT2D eigenvalue weighted by atomic mass is 32.2. The molecule has 142 valence electrons. The van der Waals surface area contributed by atoms with E-state index >= 15 is 0 Å². The average Bonchev–Trinajstić information content (AvgIpc) is 3.01. The van der Waals surface area contributed by atoms with Crippen LogP contribution in [0.25, 0.3) is 0 Å². The van der Waals surface area contributed by atoms with Gasteiger partial charge in [0.25, 0.3) is 5.91 Å². The van der Waals surface area contributed by atoms with Gasteiger partial charge in [-0.15, -0.1) is 0 Å². The van der Waals surface area contributed by atoms with Crippen molar-refractivity contribution in [3.8, 4) is 0 Å². The first-order valence-corrected chi connectivity index (χ1v) is 10.7. The van der Waals surface area contributed by atoms with Gasteiger partial charge in [0, 0.05) is 36.8 Å². The lowest BCUT2D eigenvalue weighted by Crippen LogP contribution is -2.48. The molecule has 2 N–H and O–H groups in total. The molecule has 7 nitrogen and oxygen atoms in total. The summed E-state index contributed by atoms with van der Waals surface area (Å²) in [6.07, 6.45) is 4.22. The zero-order valence-electron chi connectivity index (χ0n) is 14.7. The SMILES string of the molecule is O=C(NC1CC2CCC(C1)N2)c1cccc(S(=O)(=O)N2CCOCC2)c1. The predicted molar refractivity (Wildman–Crippen MR) is 96.5 cm³/mol. The van der Waals surface area contributed by atoms with Crippen LogP contribution >= 0.6 is 0 Å². The van der Waals surface area contributed by atoms with E-state index in [1.807, 2.05) is 0 Å². The quantitative estimate of drug-likeness (QED) is 0.805. The molecule has 0 radical (unpaired) electrons. The van der Waals surface area contributed by atoms with Gasteiger partial charge in [-0.1, -0.05) is 6.07 Å². The van der Waals surface area contributed by atoms with Crippen molar-refractivity contribution in [2.45, 2.75) is 48.7 Å². The summed E-state index contributed by atoms with van der Waals surface area (Å²) in [4.78, 5) is 12.8. The number of benzene rings is 1. The predicted octanol–water partition coefficient (Wildman–Crippen LogP) is 0.720. The van der Waals surface area contributed by atoms with Gasteiger partial charge in [0.15, 0.2) is 0 Å². The number of nitrogens with one attached hydrogen (secondary N) is 2. The Hall–Kier alpha value is -1.48. The molecule has 0 aromatic heterocycles. The van der Waals surface area contributed by atoms with E-state index in [0.29, 0.717) is 44.0 Å². The summed E-state index contributed by atoms with van der Waals surface area (Å²) >= 11 is 0. The van der Waals surface area contributed by atoms with Crippen LogP contribution in [0, 0.1) is 0 Å². The third-order valence-corrected chi connectivity index (χ3v) is 7.41. The van der Waals surface area contributed by atoms with Crippen molar-refractivity contribution in [3.63, 3.8) is 0 Å². The highest BCUT2D eigenvalue weighted by Crippen LogP contribution is 2.27. The van der Waals surface area contributed by atoms with Gasteiger partial charge in [-0.05, 0) is 43.9 Å². The average molecular weight is 379 g/mol. The third-order valence-electron chi connectivity index (χ3n) is 5.51. The maximum Gasteiger partial charge on any atom is 0.251 e. The normalized spacial score (nSPS) is 29.5. The maximum absolute atomic E-state index is 12.8. The maximum atomic E-state index is 12.8. The van der Waals surface area contributed by atoms with Crippen molar-refractivity contribution >= 4 is 15.9 Å². The van der Waals surface area contributed by atoms with Gasteiger partial charge >= 0.3 is 0 Å². The molecule has 1 amide bonds. The third kappa shape index (κ3) is 3.64. The number of fused-ring (bicyclic) bond motifs is 2.